The molecule has 96 valence electrons. The van der Waals surface area contributed by atoms with Crippen LogP contribution in [0.2, 0.25) is 0 Å². The Hall–Kier alpha value is -0.520. The van der Waals surface area contributed by atoms with Crippen LogP contribution in [-0.4, -0.2) is 20.5 Å². The van der Waals surface area contributed by atoms with Crippen LogP contribution in [0.4, 0.5) is 5.69 Å². The van der Waals surface area contributed by atoms with E-state index in [1.165, 1.54) is 4.90 Å². The Morgan fingerprint density at radius 1 is 1.44 bits per heavy atom. The van der Waals surface area contributed by atoms with Gasteiger partial charge in [0.2, 0.25) is 0 Å². The average Bonchev–Trinajstić information content (AvgIpc) is 2.28. The summed E-state index contributed by atoms with van der Waals surface area (Å²) in [6.07, 6.45) is 0.765. The summed E-state index contributed by atoms with van der Waals surface area (Å²) in [7, 11) is 0. The number of thiocarbonyl (C=S) groups is 1. The molecule has 2 nitrogen and oxygen atoms in total. The fourth-order valence-electron chi connectivity index (χ4n) is 1.65. The predicted octanol–water partition coefficient (Wildman–Crippen LogP) is 4.01. The van der Waals surface area contributed by atoms with Crippen LogP contribution in [0.3, 0.4) is 0 Å². The van der Waals surface area contributed by atoms with Gasteiger partial charge in [0.15, 0.2) is 0 Å². The molecule has 0 spiro atoms. The van der Waals surface area contributed by atoms with E-state index in [2.05, 4.69) is 32.0 Å². The highest BCUT2D eigenvalue weighted by atomic mass is 32.2. The Kier molecular flexibility index (Phi) is 4.35. The summed E-state index contributed by atoms with van der Waals surface area (Å²) >= 11 is 8.53. The number of hydrogen-bond donors (Lipinski definition) is 1. The number of nitrogens with two attached hydrogens (primary N) is 1. The van der Waals surface area contributed by atoms with Gasteiger partial charge in [-0.2, -0.15) is 0 Å². The molecule has 0 atom stereocenters. The molecule has 0 radical (unpaired) electrons. The van der Waals surface area contributed by atoms with E-state index in [4.69, 9.17) is 22.9 Å². The average molecular weight is 296 g/mol. The molecule has 1 aliphatic rings. The first-order valence-electron chi connectivity index (χ1n) is 5.77. The van der Waals surface area contributed by atoms with Gasteiger partial charge in [0.25, 0.3) is 0 Å². The number of rotatable bonds is 3. The minimum atomic E-state index is 0.0231. The highest BCUT2D eigenvalue weighted by Gasteiger charge is 2.31. The lowest BCUT2D eigenvalue weighted by atomic mass is 10.2. The van der Waals surface area contributed by atoms with Crippen LogP contribution in [0.1, 0.15) is 20.3 Å². The van der Waals surface area contributed by atoms with E-state index in [9.17, 15) is 0 Å². The molecule has 18 heavy (non-hydrogen) atoms. The summed E-state index contributed by atoms with van der Waals surface area (Å²) in [5.74, 6) is 0.903. The number of aliphatic imine (C=N–C) groups is 1. The molecule has 0 aromatic heterocycles. The summed E-state index contributed by atoms with van der Waals surface area (Å²) in [6.45, 7) is 4.42. The topological polar surface area (TPSA) is 38.4 Å². The molecule has 1 aromatic carbocycles. The molecule has 0 saturated heterocycles. The molecular formula is C13H16N2S3. The number of benzene rings is 1. The van der Waals surface area contributed by atoms with Gasteiger partial charge in [0.05, 0.1) is 20.5 Å². The Morgan fingerprint density at radius 3 is 2.89 bits per heavy atom. The Labute approximate surface area is 122 Å². The first-order valence-corrected chi connectivity index (χ1v) is 7.98. The number of thioether (sulfide) groups is 2. The lowest BCUT2D eigenvalue weighted by molar-refractivity contribution is 0.953. The van der Waals surface area contributed by atoms with Crippen molar-refractivity contribution in [1.82, 2.24) is 0 Å². The lowest BCUT2D eigenvalue weighted by Crippen LogP contribution is -2.27. The minimum Gasteiger partial charge on any atom is -0.393 e. The van der Waals surface area contributed by atoms with Gasteiger partial charge in [0.1, 0.15) is 0 Å². The summed E-state index contributed by atoms with van der Waals surface area (Å²) in [6, 6.07) is 8.27. The second kappa shape index (κ2) is 5.63. The van der Waals surface area contributed by atoms with Crippen molar-refractivity contribution < 1.29 is 0 Å². The van der Waals surface area contributed by atoms with E-state index >= 15 is 0 Å². The van der Waals surface area contributed by atoms with Gasteiger partial charge in [-0.25, -0.2) is 4.99 Å². The Balaban J connectivity index is 2.17. The van der Waals surface area contributed by atoms with E-state index in [1.807, 2.05) is 17.8 Å². The van der Waals surface area contributed by atoms with Crippen LogP contribution < -0.4 is 5.73 Å². The molecule has 2 rings (SSSR count). The van der Waals surface area contributed by atoms with Crippen molar-refractivity contribution in [2.75, 3.05) is 5.75 Å². The first kappa shape index (κ1) is 13.9. The number of fused-ring (bicyclic) bond motifs is 1. The van der Waals surface area contributed by atoms with Gasteiger partial charge >= 0.3 is 0 Å². The van der Waals surface area contributed by atoms with Crippen molar-refractivity contribution in [3.8, 4) is 0 Å². The molecule has 0 amide bonds. The van der Waals surface area contributed by atoms with E-state index in [0.29, 0.717) is 4.99 Å². The predicted molar refractivity (Wildman–Crippen MR) is 87.3 cm³/mol. The van der Waals surface area contributed by atoms with Gasteiger partial charge in [0, 0.05) is 17.1 Å². The smallest absolute Gasteiger partial charge is 0.0898 e. The Morgan fingerprint density at radius 2 is 2.17 bits per heavy atom. The second-order valence-corrected chi connectivity index (χ2v) is 7.83. The van der Waals surface area contributed by atoms with Crippen LogP contribution in [-0.2, 0) is 0 Å². The van der Waals surface area contributed by atoms with Crippen LogP contribution in [0.25, 0.3) is 0 Å². The quantitative estimate of drug-likeness (QED) is 0.855. The van der Waals surface area contributed by atoms with Crippen molar-refractivity contribution >= 4 is 51.5 Å². The van der Waals surface area contributed by atoms with E-state index in [1.54, 1.807) is 11.8 Å². The van der Waals surface area contributed by atoms with E-state index < -0.39 is 0 Å². The number of nitrogens with zero attached hydrogens (tertiary/aromatic N) is 1. The van der Waals surface area contributed by atoms with Crippen molar-refractivity contribution in [1.29, 1.82) is 0 Å². The highest BCUT2D eigenvalue weighted by molar-refractivity contribution is 8.16. The van der Waals surface area contributed by atoms with Crippen LogP contribution >= 0.6 is 35.7 Å². The Bertz CT molecular complexity index is 495. The molecule has 0 bridgehead atoms. The van der Waals surface area contributed by atoms with Gasteiger partial charge < -0.3 is 5.73 Å². The molecule has 0 unspecified atom stereocenters. The van der Waals surface area contributed by atoms with Crippen LogP contribution in [0.5, 0.6) is 0 Å². The van der Waals surface area contributed by atoms with Crippen LogP contribution in [0.15, 0.2) is 34.2 Å². The van der Waals surface area contributed by atoms with Crippen LogP contribution in [0, 0.1) is 0 Å². The molecule has 5 heteroatoms. The normalized spacial score (nSPS) is 16.9. The summed E-state index contributed by atoms with van der Waals surface area (Å²) < 4.78 is 0.0231. The third-order valence-electron chi connectivity index (χ3n) is 2.55. The second-order valence-electron chi connectivity index (χ2n) is 4.56. The van der Waals surface area contributed by atoms with Gasteiger partial charge in [-0.05, 0) is 26.0 Å². The minimum absolute atomic E-state index is 0.0231. The standard InChI is InChI=1S/C13H16N2S3/c1-13(2)12(17-8-7-11(14)16)15-9-5-3-4-6-10(9)18-13/h3-6H,7-8H2,1-2H3,(H2,14,16). The molecule has 0 aliphatic carbocycles. The largest absolute Gasteiger partial charge is 0.393 e. The molecule has 0 fully saturated rings. The van der Waals surface area contributed by atoms with Crippen molar-refractivity contribution in [2.24, 2.45) is 10.7 Å². The molecule has 1 heterocycles. The SMILES string of the molecule is CC1(C)Sc2ccccc2N=C1SCCC(N)=S. The molecular weight excluding hydrogens is 280 g/mol. The maximum atomic E-state index is 5.53. The highest BCUT2D eigenvalue weighted by Crippen LogP contribution is 2.46. The molecule has 1 aromatic rings. The molecule has 1 aliphatic heterocycles. The summed E-state index contributed by atoms with van der Waals surface area (Å²) in [4.78, 5) is 6.59. The fraction of sp³-hybridized carbons (Fsp3) is 0.385. The zero-order valence-corrected chi connectivity index (χ0v) is 12.9. The van der Waals surface area contributed by atoms with Gasteiger partial charge in [-0.3, -0.25) is 0 Å². The van der Waals surface area contributed by atoms with Crippen molar-refractivity contribution in [2.45, 2.75) is 29.9 Å². The van der Waals surface area contributed by atoms with E-state index in [-0.39, 0.29) is 4.75 Å². The fourth-order valence-corrected chi connectivity index (χ4v) is 4.26. The summed E-state index contributed by atoms with van der Waals surface area (Å²) in [5.41, 5.74) is 6.59. The lowest BCUT2D eigenvalue weighted by Gasteiger charge is -2.30. The third kappa shape index (κ3) is 3.28. The van der Waals surface area contributed by atoms with E-state index in [0.717, 1.165) is 22.9 Å². The maximum Gasteiger partial charge on any atom is 0.0898 e. The first-order chi connectivity index (χ1) is 8.49. The van der Waals surface area contributed by atoms with Crippen molar-refractivity contribution in [3.05, 3.63) is 24.3 Å². The van der Waals surface area contributed by atoms with Crippen molar-refractivity contribution in [3.63, 3.8) is 0 Å². The maximum absolute atomic E-state index is 5.53. The summed E-state index contributed by atoms with van der Waals surface area (Å²) in [5, 5.41) is 1.16. The zero-order chi connectivity index (χ0) is 13.2. The van der Waals surface area contributed by atoms with Gasteiger partial charge in [-0.15, -0.1) is 23.5 Å². The number of hydrogen-bond acceptors (Lipinski definition) is 4. The number of para-hydroxylation sites is 1. The zero-order valence-electron chi connectivity index (χ0n) is 10.5. The molecule has 0 saturated carbocycles. The van der Waals surface area contributed by atoms with Gasteiger partial charge in [-0.1, -0.05) is 24.4 Å². The third-order valence-corrected chi connectivity index (χ3v) is 5.44. The molecule has 2 N–H and O–H groups in total. The monoisotopic (exact) mass is 296 g/mol.